The van der Waals surface area contributed by atoms with Gasteiger partial charge in [-0.05, 0) is 43.0 Å². The summed E-state index contributed by atoms with van der Waals surface area (Å²) in [4.78, 5) is 15.4. The third-order valence-corrected chi connectivity index (χ3v) is 3.83. The quantitative estimate of drug-likeness (QED) is 0.926. The van der Waals surface area contributed by atoms with Gasteiger partial charge in [-0.25, -0.2) is 4.39 Å². The molecule has 2 aromatic rings. The van der Waals surface area contributed by atoms with E-state index in [-0.39, 0.29) is 29.9 Å². The molecule has 6 nitrogen and oxygen atoms in total. The molecule has 116 valence electrons. The average molecular weight is 304 g/mol. The highest BCUT2D eigenvalue weighted by atomic mass is 19.1. The number of piperidine rings is 1. The fourth-order valence-electron chi connectivity index (χ4n) is 2.62. The van der Waals surface area contributed by atoms with E-state index >= 15 is 0 Å². The van der Waals surface area contributed by atoms with Gasteiger partial charge in [0.2, 0.25) is 0 Å². The minimum atomic E-state index is -0.337. The van der Waals surface area contributed by atoms with Crippen molar-refractivity contribution in [3.63, 3.8) is 0 Å². The Balaban J connectivity index is 1.75. The van der Waals surface area contributed by atoms with Crippen LogP contribution in [0, 0.1) is 11.7 Å². The first-order valence-corrected chi connectivity index (χ1v) is 7.26. The predicted molar refractivity (Wildman–Crippen MR) is 77.0 cm³/mol. The van der Waals surface area contributed by atoms with Gasteiger partial charge in [-0.2, -0.15) is 9.90 Å². The van der Waals surface area contributed by atoms with E-state index in [0.717, 1.165) is 12.8 Å². The Kier molecular flexibility index (Phi) is 4.15. The summed E-state index contributed by atoms with van der Waals surface area (Å²) in [6.45, 7) is 1.30. The van der Waals surface area contributed by atoms with Crippen molar-refractivity contribution in [1.29, 1.82) is 0 Å². The molecule has 1 unspecified atom stereocenters. The summed E-state index contributed by atoms with van der Waals surface area (Å²) in [6.07, 6.45) is 3.22. The summed E-state index contributed by atoms with van der Waals surface area (Å²) in [5, 5.41) is 17.5. The Bertz CT molecular complexity index is 656. The summed E-state index contributed by atoms with van der Waals surface area (Å²) in [5.41, 5.74) is 0.843. The van der Waals surface area contributed by atoms with Gasteiger partial charge < -0.3 is 10.0 Å². The van der Waals surface area contributed by atoms with Crippen LogP contribution in [0.25, 0.3) is 5.69 Å². The molecule has 0 aliphatic carbocycles. The zero-order valence-corrected chi connectivity index (χ0v) is 12.0. The summed E-state index contributed by atoms with van der Waals surface area (Å²) in [5.74, 6) is -0.396. The predicted octanol–water partition coefficient (Wildman–Crippen LogP) is 1.25. The lowest BCUT2D eigenvalue weighted by Gasteiger charge is -2.31. The second kappa shape index (κ2) is 6.23. The molecular formula is C15H17FN4O2. The Morgan fingerprint density at radius 3 is 2.86 bits per heavy atom. The lowest BCUT2D eigenvalue weighted by molar-refractivity contribution is 0.0614. The van der Waals surface area contributed by atoms with Crippen molar-refractivity contribution in [2.24, 2.45) is 5.92 Å². The van der Waals surface area contributed by atoms with Crippen LogP contribution in [0.3, 0.4) is 0 Å². The topological polar surface area (TPSA) is 71.2 Å². The molecule has 22 heavy (non-hydrogen) atoms. The summed E-state index contributed by atoms with van der Waals surface area (Å²) >= 11 is 0. The standard InChI is InChI=1S/C15H17FN4O2/c16-12-3-5-13(6-4-12)20-17-8-14(18-20)15(22)19-7-1-2-11(9-19)10-21/h3-6,8,11,21H,1-2,7,9-10H2. The maximum absolute atomic E-state index is 12.9. The second-order valence-corrected chi connectivity index (χ2v) is 5.44. The number of hydrogen-bond donors (Lipinski definition) is 1. The molecule has 1 aromatic heterocycles. The summed E-state index contributed by atoms with van der Waals surface area (Å²) in [6, 6.07) is 5.73. The monoisotopic (exact) mass is 304 g/mol. The van der Waals surface area contributed by atoms with Gasteiger partial charge >= 0.3 is 0 Å². The number of carbonyl (C=O) groups is 1. The Hall–Kier alpha value is -2.28. The molecular weight excluding hydrogens is 287 g/mol. The number of rotatable bonds is 3. The van der Waals surface area contributed by atoms with E-state index < -0.39 is 0 Å². The molecule has 0 radical (unpaired) electrons. The highest BCUT2D eigenvalue weighted by Gasteiger charge is 2.25. The smallest absolute Gasteiger partial charge is 0.276 e. The largest absolute Gasteiger partial charge is 0.396 e. The molecule has 1 atom stereocenters. The van der Waals surface area contributed by atoms with Crippen molar-refractivity contribution in [3.05, 3.63) is 42.0 Å². The molecule has 1 aromatic carbocycles. The van der Waals surface area contributed by atoms with E-state index in [2.05, 4.69) is 10.2 Å². The molecule has 1 aliphatic heterocycles. The normalized spacial score (nSPS) is 18.5. The number of benzene rings is 1. The van der Waals surface area contributed by atoms with Gasteiger partial charge in [0.15, 0.2) is 5.69 Å². The molecule has 0 spiro atoms. The molecule has 0 saturated carbocycles. The first-order valence-electron chi connectivity index (χ1n) is 7.26. The molecule has 1 fully saturated rings. The first kappa shape index (κ1) is 14.6. The molecule has 1 saturated heterocycles. The highest BCUT2D eigenvalue weighted by molar-refractivity contribution is 5.92. The zero-order chi connectivity index (χ0) is 15.5. The third kappa shape index (κ3) is 2.99. The fraction of sp³-hybridized carbons (Fsp3) is 0.400. The van der Waals surface area contributed by atoms with Gasteiger partial charge in [0.25, 0.3) is 5.91 Å². The Labute approximate surface area is 127 Å². The van der Waals surface area contributed by atoms with E-state index in [1.165, 1.54) is 23.1 Å². The van der Waals surface area contributed by atoms with Gasteiger partial charge in [0, 0.05) is 19.7 Å². The summed E-state index contributed by atoms with van der Waals surface area (Å²) < 4.78 is 12.9. The van der Waals surface area contributed by atoms with Crippen LogP contribution in [0.5, 0.6) is 0 Å². The van der Waals surface area contributed by atoms with Crippen LogP contribution in [0.15, 0.2) is 30.5 Å². The first-order chi connectivity index (χ1) is 10.7. The molecule has 7 heteroatoms. The van der Waals surface area contributed by atoms with Crippen LogP contribution >= 0.6 is 0 Å². The number of carbonyl (C=O) groups excluding carboxylic acids is 1. The van der Waals surface area contributed by atoms with Crippen LogP contribution in [-0.2, 0) is 0 Å². The minimum Gasteiger partial charge on any atom is -0.396 e. The lowest BCUT2D eigenvalue weighted by atomic mass is 9.99. The third-order valence-electron chi connectivity index (χ3n) is 3.83. The number of aromatic nitrogens is 3. The van der Waals surface area contributed by atoms with E-state index in [0.29, 0.717) is 18.8 Å². The lowest BCUT2D eigenvalue weighted by Crippen LogP contribution is -2.41. The van der Waals surface area contributed by atoms with E-state index in [1.54, 1.807) is 17.0 Å². The number of aliphatic hydroxyl groups is 1. The molecule has 0 bridgehead atoms. The van der Waals surface area contributed by atoms with Crippen LogP contribution in [0.2, 0.25) is 0 Å². The van der Waals surface area contributed by atoms with Gasteiger partial charge in [0.05, 0.1) is 11.9 Å². The number of halogens is 1. The SMILES string of the molecule is O=C(c1cnn(-c2ccc(F)cc2)n1)N1CCCC(CO)C1. The highest BCUT2D eigenvalue weighted by Crippen LogP contribution is 2.17. The molecule has 2 heterocycles. The maximum atomic E-state index is 12.9. The van der Waals surface area contributed by atoms with Crippen LogP contribution < -0.4 is 0 Å². The maximum Gasteiger partial charge on any atom is 0.276 e. The molecule has 1 aliphatic rings. The summed E-state index contributed by atoms with van der Waals surface area (Å²) in [7, 11) is 0. The fourth-order valence-corrected chi connectivity index (χ4v) is 2.62. The van der Waals surface area contributed by atoms with Crippen molar-refractivity contribution in [1.82, 2.24) is 19.9 Å². The molecule has 1 N–H and O–H groups in total. The number of aliphatic hydroxyl groups excluding tert-OH is 1. The molecule has 1 amide bonds. The van der Waals surface area contributed by atoms with Gasteiger partial charge in [0.1, 0.15) is 5.82 Å². The average Bonchev–Trinajstić information content (AvgIpc) is 3.05. The number of likely N-dealkylation sites (tertiary alicyclic amines) is 1. The molecule has 3 rings (SSSR count). The number of hydrogen-bond acceptors (Lipinski definition) is 4. The number of amides is 1. The second-order valence-electron chi connectivity index (χ2n) is 5.44. The van der Waals surface area contributed by atoms with Gasteiger partial charge in [-0.1, -0.05) is 0 Å². The van der Waals surface area contributed by atoms with Gasteiger partial charge in [-0.3, -0.25) is 4.79 Å². The van der Waals surface area contributed by atoms with E-state index in [4.69, 9.17) is 0 Å². The van der Waals surface area contributed by atoms with E-state index in [1.807, 2.05) is 0 Å². The van der Waals surface area contributed by atoms with Crippen molar-refractivity contribution in [2.75, 3.05) is 19.7 Å². The zero-order valence-electron chi connectivity index (χ0n) is 12.0. The van der Waals surface area contributed by atoms with Gasteiger partial charge in [-0.15, -0.1) is 5.10 Å². The van der Waals surface area contributed by atoms with Crippen molar-refractivity contribution >= 4 is 5.91 Å². The Morgan fingerprint density at radius 2 is 2.14 bits per heavy atom. The van der Waals surface area contributed by atoms with Crippen molar-refractivity contribution in [2.45, 2.75) is 12.8 Å². The van der Waals surface area contributed by atoms with Crippen molar-refractivity contribution in [3.8, 4) is 5.69 Å². The van der Waals surface area contributed by atoms with Crippen LogP contribution in [0.4, 0.5) is 4.39 Å². The van der Waals surface area contributed by atoms with E-state index in [9.17, 15) is 14.3 Å². The number of nitrogens with zero attached hydrogens (tertiary/aromatic N) is 4. The minimum absolute atomic E-state index is 0.0893. The van der Waals surface area contributed by atoms with Crippen LogP contribution in [-0.4, -0.2) is 50.6 Å². The Morgan fingerprint density at radius 1 is 1.36 bits per heavy atom. The van der Waals surface area contributed by atoms with Crippen LogP contribution in [0.1, 0.15) is 23.3 Å². The van der Waals surface area contributed by atoms with Crippen molar-refractivity contribution < 1.29 is 14.3 Å².